The Morgan fingerprint density at radius 1 is 1.12 bits per heavy atom. The Balaban J connectivity index is 1.51. The van der Waals surface area contributed by atoms with Gasteiger partial charge in [-0.3, -0.25) is 9.59 Å². The van der Waals surface area contributed by atoms with E-state index in [0.29, 0.717) is 30.9 Å². The first-order chi connectivity index (χ1) is 15.3. The fraction of sp³-hybridized carbons (Fsp3) is 0.409. The standard InChI is InChI=1S/C22H26N4O5S/c1-25-12-5-11-20(25)24-32(29,30)17-8-4-7-16(15-17)23-21(27)18-9-2-3-13-26(18)22(28)19-10-6-14-31-19/h4,6-8,10,14-15,18H,2-3,5,9,11-13H2,1H3,(H,23,27)/b24-20+. The Morgan fingerprint density at radius 2 is 1.97 bits per heavy atom. The van der Waals surface area contributed by atoms with Crippen LogP contribution in [0.4, 0.5) is 5.69 Å². The van der Waals surface area contributed by atoms with Gasteiger partial charge in [0.05, 0.1) is 11.2 Å². The number of nitrogens with zero attached hydrogens (tertiary/aromatic N) is 3. The molecule has 2 saturated heterocycles. The minimum Gasteiger partial charge on any atom is -0.459 e. The summed E-state index contributed by atoms with van der Waals surface area (Å²) in [5.74, 6) is 0.0335. The third-order valence-electron chi connectivity index (χ3n) is 5.76. The molecule has 1 N–H and O–H groups in total. The van der Waals surface area contributed by atoms with E-state index >= 15 is 0 Å². The van der Waals surface area contributed by atoms with Crippen molar-refractivity contribution >= 4 is 33.4 Å². The Bertz CT molecular complexity index is 1130. The first-order valence-corrected chi connectivity index (χ1v) is 12.1. The Labute approximate surface area is 187 Å². The number of piperidine rings is 1. The van der Waals surface area contributed by atoms with E-state index < -0.39 is 16.1 Å². The van der Waals surface area contributed by atoms with Gasteiger partial charge in [-0.1, -0.05) is 6.07 Å². The maximum absolute atomic E-state index is 13.0. The van der Waals surface area contributed by atoms with Crippen LogP contribution in [-0.2, 0) is 14.8 Å². The predicted octanol–water partition coefficient (Wildman–Crippen LogP) is 2.73. The molecule has 2 amide bonds. The third kappa shape index (κ3) is 4.69. The van der Waals surface area contributed by atoms with Crippen LogP contribution in [0.5, 0.6) is 0 Å². The highest BCUT2D eigenvalue weighted by atomic mass is 32.2. The molecule has 32 heavy (non-hydrogen) atoms. The Morgan fingerprint density at radius 3 is 2.69 bits per heavy atom. The van der Waals surface area contributed by atoms with Crippen LogP contribution in [0.1, 0.15) is 42.7 Å². The topological polar surface area (TPSA) is 112 Å². The van der Waals surface area contributed by atoms with Crippen molar-refractivity contribution in [2.45, 2.75) is 43.0 Å². The molecule has 2 aliphatic heterocycles. The lowest BCUT2D eigenvalue weighted by Crippen LogP contribution is -2.49. The molecule has 2 fully saturated rings. The van der Waals surface area contributed by atoms with Crippen molar-refractivity contribution in [3.05, 3.63) is 48.4 Å². The van der Waals surface area contributed by atoms with Crippen molar-refractivity contribution in [3.8, 4) is 0 Å². The molecule has 2 aliphatic rings. The van der Waals surface area contributed by atoms with Gasteiger partial charge >= 0.3 is 0 Å². The quantitative estimate of drug-likeness (QED) is 0.737. The number of nitrogens with one attached hydrogen (secondary N) is 1. The minimum absolute atomic E-state index is 0.00950. The summed E-state index contributed by atoms with van der Waals surface area (Å²) in [6.45, 7) is 1.23. The van der Waals surface area contributed by atoms with Crippen LogP contribution in [0.15, 0.2) is 56.4 Å². The molecule has 1 aromatic carbocycles. The summed E-state index contributed by atoms with van der Waals surface area (Å²) in [6.07, 6.45) is 5.06. The molecular weight excluding hydrogens is 432 g/mol. The van der Waals surface area contributed by atoms with Gasteiger partial charge in [-0.05, 0) is 56.0 Å². The van der Waals surface area contributed by atoms with E-state index in [1.807, 2.05) is 11.9 Å². The van der Waals surface area contributed by atoms with Gasteiger partial charge in [0, 0.05) is 32.2 Å². The van der Waals surface area contributed by atoms with E-state index in [2.05, 4.69) is 9.71 Å². The number of benzene rings is 1. The summed E-state index contributed by atoms with van der Waals surface area (Å²) in [6, 6.07) is 8.58. The minimum atomic E-state index is -3.90. The Kier molecular flexibility index (Phi) is 6.31. The fourth-order valence-corrected chi connectivity index (χ4v) is 5.19. The van der Waals surface area contributed by atoms with Crippen LogP contribution in [-0.4, -0.2) is 62.0 Å². The highest BCUT2D eigenvalue weighted by molar-refractivity contribution is 7.90. The lowest BCUT2D eigenvalue weighted by Gasteiger charge is -2.34. The predicted molar refractivity (Wildman–Crippen MR) is 119 cm³/mol. The Hall–Kier alpha value is -3.14. The number of hydrogen-bond donors (Lipinski definition) is 1. The normalized spacial score (nSPS) is 20.5. The number of hydrogen-bond acceptors (Lipinski definition) is 5. The van der Waals surface area contributed by atoms with Crippen LogP contribution in [0.2, 0.25) is 0 Å². The van der Waals surface area contributed by atoms with E-state index in [-0.39, 0.29) is 22.5 Å². The largest absolute Gasteiger partial charge is 0.459 e. The smallest absolute Gasteiger partial charge is 0.290 e. The van der Waals surface area contributed by atoms with Crippen LogP contribution >= 0.6 is 0 Å². The second-order valence-electron chi connectivity index (χ2n) is 8.01. The van der Waals surface area contributed by atoms with Gasteiger partial charge < -0.3 is 19.5 Å². The molecule has 0 bridgehead atoms. The van der Waals surface area contributed by atoms with Gasteiger partial charge in [0.1, 0.15) is 11.9 Å². The molecule has 0 aliphatic carbocycles. The van der Waals surface area contributed by atoms with E-state index in [4.69, 9.17) is 4.42 Å². The second kappa shape index (κ2) is 9.15. The molecule has 0 radical (unpaired) electrons. The second-order valence-corrected chi connectivity index (χ2v) is 9.62. The van der Waals surface area contributed by atoms with Gasteiger partial charge in [-0.2, -0.15) is 8.42 Å². The number of sulfonamides is 1. The van der Waals surface area contributed by atoms with Gasteiger partial charge in [0.2, 0.25) is 5.91 Å². The molecule has 1 aromatic heterocycles. The molecule has 1 atom stereocenters. The number of anilines is 1. The average Bonchev–Trinajstić information content (AvgIpc) is 3.46. The van der Waals surface area contributed by atoms with Crippen LogP contribution in [0, 0.1) is 0 Å². The number of amides is 2. The molecule has 9 nitrogen and oxygen atoms in total. The molecule has 0 saturated carbocycles. The first kappa shape index (κ1) is 22.1. The number of amidine groups is 1. The van der Waals surface area contributed by atoms with E-state index in [1.165, 1.54) is 23.3 Å². The van der Waals surface area contributed by atoms with Gasteiger partial charge in [-0.25, -0.2) is 0 Å². The van der Waals surface area contributed by atoms with E-state index in [0.717, 1.165) is 25.8 Å². The summed E-state index contributed by atoms with van der Waals surface area (Å²) in [4.78, 5) is 29.1. The maximum Gasteiger partial charge on any atom is 0.290 e. The summed E-state index contributed by atoms with van der Waals surface area (Å²) in [5.41, 5.74) is 0.340. The molecule has 0 spiro atoms. The first-order valence-electron chi connectivity index (χ1n) is 10.7. The van der Waals surface area contributed by atoms with Gasteiger partial charge in [0.15, 0.2) is 5.76 Å². The van der Waals surface area contributed by atoms with Crippen LogP contribution in [0.3, 0.4) is 0 Å². The fourth-order valence-electron chi connectivity index (χ4n) is 4.05. The number of carbonyl (C=O) groups is 2. The summed E-state index contributed by atoms with van der Waals surface area (Å²) >= 11 is 0. The van der Waals surface area contributed by atoms with E-state index in [1.54, 1.807) is 24.3 Å². The lowest BCUT2D eigenvalue weighted by molar-refractivity contribution is -0.121. The molecule has 3 heterocycles. The number of furan rings is 1. The van der Waals surface area contributed by atoms with Gasteiger partial charge in [0.25, 0.3) is 15.9 Å². The summed E-state index contributed by atoms with van der Waals surface area (Å²) < 4.78 is 34.7. The molecule has 170 valence electrons. The maximum atomic E-state index is 13.0. The van der Waals surface area contributed by atoms with E-state index in [9.17, 15) is 18.0 Å². The zero-order valence-electron chi connectivity index (χ0n) is 17.9. The number of carbonyl (C=O) groups excluding carboxylic acids is 2. The molecule has 1 unspecified atom stereocenters. The monoisotopic (exact) mass is 458 g/mol. The third-order valence-corrected chi connectivity index (χ3v) is 7.06. The number of rotatable bonds is 5. The zero-order valence-corrected chi connectivity index (χ0v) is 18.7. The SMILES string of the molecule is CN1CCC/C1=N\S(=O)(=O)c1cccc(NC(=O)C2CCCCN2C(=O)c2ccco2)c1. The van der Waals surface area contributed by atoms with Gasteiger partial charge in [-0.15, -0.1) is 4.40 Å². The molecule has 2 aromatic rings. The highest BCUT2D eigenvalue weighted by Crippen LogP contribution is 2.24. The zero-order chi connectivity index (χ0) is 22.7. The summed E-state index contributed by atoms with van der Waals surface area (Å²) in [7, 11) is -2.08. The lowest BCUT2D eigenvalue weighted by atomic mass is 10.0. The van der Waals surface area contributed by atoms with Crippen molar-refractivity contribution in [2.24, 2.45) is 4.40 Å². The van der Waals surface area contributed by atoms with Crippen molar-refractivity contribution < 1.29 is 22.4 Å². The molecular formula is C22H26N4O5S. The average molecular weight is 459 g/mol. The highest BCUT2D eigenvalue weighted by Gasteiger charge is 2.34. The van der Waals surface area contributed by atoms with Crippen molar-refractivity contribution in [2.75, 3.05) is 25.5 Å². The molecule has 10 heteroatoms. The van der Waals surface area contributed by atoms with Crippen LogP contribution in [0.25, 0.3) is 0 Å². The summed E-state index contributed by atoms with van der Waals surface area (Å²) in [5, 5.41) is 2.77. The van der Waals surface area contributed by atoms with Crippen molar-refractivity contribution in [1.29, 1.82) is 0 Å². The van der Waals surface area contributed by atoms with Crippen LogP contribution < -0.4 is 5.32 Å². The van der Waals surface area contributed by atoms with Crippen molar-refractivity contribution in [3.63, 3.8) is 0 Å². The number of likely N-dealkylation sites (tertiary alicyclic amines) is 2. The molecule has 4 rings (SSSR count). The van der Waals surface area contributed by atoms with Crippen molar-refractivity contribution in [1.82, 2.24) is 9.80 Å².